The van der Waals surface area contributed by atoms with Crippen LogP contribution in [0.4, 0.5) is 14.5 Å². The standard InChI is InChI=1S/C10H13F2N3O4S/c1-13-3-2-4-14-20(18,19)10-6-9(15(16)17)7(11)5-8(10)12/h5-6,13-14H,2-4H2,1H3. The van der Waals surface area contributed by atoms with Crippen molar-refractivity contribution in [3.63, 3.8) is 0 Å². The van der Waals surface area contributed by atoms with Crippen molar-refractivity contribution in [2.24, 2.45) is 0 Å². The monoisotopic (exact) mass is 309 g/mol. The van der Waals surface area contributed by atoms with Gasteiger partial charge in [-0.1, -0.05) is 0 Å². The van der Waals surface area contributed by atoms with E-state index in [1.165, 1.54) is 0 Å². The van der Waals surface area contributed by atoms with Crippen LogP contribution in [0.25, 0.3) is 0 Å². The molecule has 0 radical (unpaired) electrons. The number of benzene rings is 1. The third-order valence-electron chi connectivity index (χ3n) is 2.38. The summed E-state index contributed by atoms with van der Waals surface area (Å²) >= 11 is 0. The lowest BCUT2D eigenvalue weighted by Crippen LogP contribution is -2.27. The SMILES string of the molecule is CNCCCNS(=O)(=O)c1cc([N+](=O)[O-])c(F)cc1F. The normalized spacial score (nSPS) is 11.6. The Labute approximate surface area is 114 Å². The van der Waals surface area contributed by atoms with Crippen molar-refractivity contribution in [1.29, 1.82) is 0 Å². The first-order valence-corrected chi connectivity index (χ1v) is 7.05. The number of nitro benzene ring substituents is 1. The molecule has 0 aliphatic rings. The van der Waals surface area contributed by atoms with E-state index in [2.05, 4.69) is 10.0 Å². The fraction of sp³-hybridized carbons (Fsp3) is 0.400. The van der Waals surface area contributed by atoms with E-state index in [-0.39, 0.29) is 12.6 Å². The Kier molecular flexibility index (Phi) is 5.48. The highest BCUT2D eigenvalue weighted by Gasteiger charge is 2.25. The van der Waals surface area contributed by atoms with Crippen molar-refractivity contribution >= 4 is 15.7 Å². The molecular formula is C10H13F2N3O4S. The first-order chi connectivity index (χ1) is 9.29. The molecule has 2 N–H and O–H groups in total. The van der Waals surface area contributed by atoms with Gasteiger partial charge in [0.1, 0.15) is 10.7 Å². The zero-order valence-corrected chi connectivity index (χ0v) is 11.3. The highest BCUT2D eigenvalue weighted by Crippen LogP contribution is 2.24. The lowest BCUT2D eigenvalue weighted by Gasteiger charge is -2.07. The fourth-order valence-corrected chi connectivity index (χ4v) is 2.56. The van der Waals surface area contributed by atoms with Crippen molar-refractivity contribution in [2.45, 2.75) is 11.3 Å². The van der Waals surface area contributed by atoms with Gasteiger partial charge in [0.05, 0.1) is 4.92 Å². The highest BCUT2D eigenvalue weighted by atomic mass is 32.2. The molecule has 112 valence electrons. The Balaban J connectivity index is 3.05. The van der Waals surface area contributed by atoms with Gasteiger partial charge in [0, 0.05) is 18.7 Å². The van der Waals surface area contributed by atoms with E-state index in [1.54, 1.807) is 7.05 Å². The molecule has 10 heteroatoms. The molecule has 0 atom stereocenters. The molecule has 0 bridgehead atoms. The molecule has 20 heavy (non-hydrogen) atoms. The van der Waals surface area contributed by atoms with Crippen LogP contribution in [0.15, 0.2) is 17.0 Å². The predicted molar refractivity (Wildman–Crippen MR) is 66.7 cm³/mol. The summed E-state index contributed by atoms with van der Waals surface area (Å²) in [6.45, 7) is 0.558. The summed E-state index contributed by atoms with van der Waals surface area (Å²) < 4.78 is 52.2. The van der Waals surface area contributed by atoms with Crippen molar-refractivity contribution in [3.05, 3.63) is 33.9 Å². The zero-order chi connectivity index (χ0) is 15.3. The molecule has 0 fully saturated rings. The van der Waals surface area contributed by atoms with E-state index in [4.69, 9.17) is 0 Å². The summed E-state index contributed by atoms with van der Waals surface area (Å²) in [5.41, 5.74) is -1.10. The van der Waals surface area contributed by atoms with Crippen molar-refractivity contribution in [2.75, 3.05) is 20.1 Å². The summed E-state index contributed by atoms with van der Waals surface area (Å²) in [6.07, 6.45) is 0.445. The molecule has 0 aliphatic heterocycles. The number of nitrogens with one attached hydrogen (secondary N) is 2. The highest BCUT2D eigenvalue weighted by molar-refractivity contribution is 7.89. The molecule has 0 aromatic heterocycles. The van der Waals surface area contributed by atoms with E-state index in [0.29, 0.717) is 19.0 Å². The van der Waals surface area contributed by atoms with Crippen LogP contribution in [0.5, 0.6) is 0 Å². The molecule has 0 heterocycles. The number of hydrogen-bond donors (Lipinski definition) is 2. The summed E-state index contributed by atoms with van der Waals surface area (Å²) in [7, 11) is -2.59. The Morgan fingerprint density at radius 2 is 1.90 bits per heavy atom. The first kappa shape index (κ1) is 16.4. The molecule has 0 saturated heterocycles. The maximum absolute atomic E-state index is 13.5. The largest absolute Gasteiger partial charge is 0.320 e. The smallest absolute Gasteiger partial charge is 0.306 e. The third-order valence-corrected chi connectivity index (χ3v) is 3.86. The van der Waals surface area contributed by atoms with Gasteiger partial charge in [-0.25, -0.2) is 17.5 Å². The van der Waals surface area contributed by atoms with Gasteiger partial charge in [0.15, 0.2) is 0 Å². The summed E-state index contributed by atoms with van der Waals surface area (Å²) in [5, 5.41) is 13.3. The number of nitrogens with zero attached hydrogens (tertiary/aromatic N) is 1. The lowest BCUT2D eigenvalue weighted by atomic mass is 10.3. The number of sulfonamides is 1. The van der Waals surface area contributed by atoms with Crippen LogP contribution in [0.1, 0.15) is 6.42 Å². The minimum atomic E-state index is -4.27. The molecular weight excluding hydrogens is 296 g/mol. The maximum atomic E-state index is 13.5. The van der Waals surface area contributed by atoms with E-state index in [0.717, 1.165) is 0 Å². The average molecular weight is 309 g/mol. The molecule has 1 rings (SSSR count). The van der Waals surface area contributed by atoms with Gasteiger partial charge in [0.2, 0.25) is 15.8 Å². The van der Waals surface area contributed by atoms with Gasteiger partial charge in [-0.3, -0.25) is 10.1 Å². The molecule has 0 amide bonds. The van der Waals surface area contributed by atoms with Crippen LogP contribution in [-0.2, 0) is 10.0 Å². The van der Waals surface area contributed by atoms with Crippen LogP contribution < -0.4 is 10.0 Å². The van der Waals surface area contributed by atoms with Gasteiger partial charge in [-0.05, 0) is 20.0 Å². The lowest BCUT2D eigenvalue weighted by molar-refractivity contribution is -0.387. The Bertz CT molecular complexity index is 607. The number of halogens is 2. The third kappa shape index (κ3) is 3.92. The number of nitro groups is 1. The van der Waals surface area contributed by atoms with E-state index in [1.807, 2.05) is 0 Å². The Hall–Kier alpha value is -1.65. The van der Waals surface area contributed by atoms with E-state index < -0.39 is 37.2 Å². The van der Waals surface area contributed by atoms with Crippen molar-refractivity contribution < 1.29 is 22.1 Å². The Morgan fingerprint density at radius 3 is 2.45 bits per heavy atom. The molecule has 0 aliphatic carbocycles. The minimum Gasteiger partial charge on any atom is -0.320 e. The predicted octanol–water partition coefficient (Wildman–Crippen LogP) is 0.761. The quantitative estimate of drug-likeness (QED) is 0.440. The second kappa shape index (κ2) is 6.68. The minimum absolute atomic E-state index is 0.0216. The van der Waals surface area contributed by atoms with E-state index >= 15 is 0 Å². The van der Waals surface area contributed by atoms with Gasteiger partial charge in [-0.2, -0.15) is 4.39 Å². The number of hydrogen-bond acceptors (Lipinski definition) is 5. The maximum Gasteiger partial charge on any atom is 0.306 e. The van der Waals surface area contributed by atoms with Crippen molar-refractivity contribution in [3.8, 4) is 0 Å². The summed E-state index contributed by atoms with van der Waals surface area (Å²) in [6, 6.07) is 0.547. The molecule has 1 aromatic rings. The van der Waals surface area contributed by atoms with Crippen LogP contribution >= 0.6 is 0 Å². The second-order valence-corrected chi connectivity index (χ2v) is 5.58. The molecule has 0 unspecified atom stereocenters. The molecule has 0 saturated carbocycles. The van der Waals surface area contributed by atoms with Gasteiger partial charge in [0.25, 0.3) is 0 Å². The van der Waals surface area contributed by atoms with Gasteiger partial charge >= 0.3 is 5.69 Å². The summed E-state index contributed by atoms with van der Waals surface area (Å²) in [4.78, 5) is 8.47. The van der Waals surface area contributed by atoms with Crippen LogP contribution in [0.2, 0.25) is 0 Å². The van der Waals surface area contributed by atoms with Gasteiger partial charge < -0.3 is 5.32 Å². The first-order valence-electron chi connectivity index (χ1n) is 5.57. The van der Waals surface area contributed by atoms with Crippen LogP contribution in [-0.4, -0.2) is 33.5 Å². The zero-order valence-electron chi connectivity index (χ0n) is 10.5. The average Bonchev–Trinajstić information content (AvgIpc) is 2.33. The number of rotatable bonds is 7. The van der Waals surface area contributed by atoms with Crippen LogP contribution in [0, 0.1) is 21.7 Å². The van der Waals surface area contributed by atoms with Crippen LogP contribution in [0.3, 0.4) is 0 Å². The molecule has 1 aromatic carbocycles. The molecule has 0 spiro atoms. The van der Waals surface area contributed by atoms with Crippen molar-refractivity contribution in [1.82, 2.24) is 10.0 Å². The molecule has 7 nitrogen and oxygen atoms in total. The van der Waals surface area contributed by atoms with Gasteiger partial charge in [-0.15, -0.1) is 0 Å². The van der Waals surface area contributed by atoms with E-state index in [9.17, 15) is 27.3 Å². The topological polar surface area (TPSA) is 101 Å². The fourth-order valence-electron chi connectivity index (χ4n) is 1.41. The second-order valence-electron chi connectivity index (χ2n) is 3.85. The summed E-state index contributed by atoms with van der Waals surface area (Å²) in [5.74, 6) is -2.81. The Morgan fingerprint density at radius 1 is 1.25 bits per heavy atom.